The second-order valence-electron chi connectivity index (χ2n) is 10.0. The number of nitrogens with one attached hydrogen (secondary N) is 1. The van der Waals surface area contributed by atoms with Gasteiger partial charge >= 0.3 is 0 Å². The van der Waals surface area contributed by atoms with E-state index in [1.807, 2.05) is 68.4 Å². The van der Waals surface area contributed by atoms with Crippen LogP contribution in [0.4, 0.5) is 11.4 Å². The second kappa shape index (κ2) is 13.7. The Balaban J connectivity index is 2.10. The van der Waals surface area contributed by atoms with Gasteiger partial charge in [0.25, 0.3) is 5.69 Å². The number of sulfonamides is 1. The van der Waals surface area contributed by atoms with Gasteiger partial charge in [-0.15, -0.1) is 0 Å². The Morgan fingerprint density at radius 2 is 1.63 bits per heavy atom. The lowest BCUT2D eigenvalue weighted by Gasteiger charge is -2.34. The summed E-state index contributed by atoms with van der Waals surface area (Å²) in [6.45, 7) is 4.61. The molecular weight excluding hydrogens is 612 g/mol. The topological polar surface area (TPSA) is 130 Å². The molecule has 0 aromatic heterocycles. The number of amides is 2. The van der Waals surface area contributed by atoms with E-state index in [0.717, 1.165) is 32.2 Å². The smallest absolute Gasteiger partial charge is 0.271 e. The number of hydrogen-bond acceptors (Lipinski definition) is 6. The summed E-state index contributed by atoms with van der Waals surface area (Å²) in [7, 11) is -4.06. The van der Waals surface area contributed by atoms with Crippen LogP contribution in [0.5, 0.6) is 0 Å². The maximum absolute atomic E-state index is 14.1. The van der Waals surface area contributed by atoms with Crippen molar-refractivity contribution < 1.29 is 22.9 Å². The van der Waals surface area contributed by atoms with Gasteiger partial charge in [0.2, 0.25) is 21.8 Å². The fourth-order valence-electron chi connectivity index (χ4n) is 4.30. The monoisotopic (exact) mass is 644 g/mol. The molecule has 0 spiro atoms. The number of carbonyl (C=O) groups is 2. The molecule has 0 aliphatic rings. The van der Waals surface area contributed by atoms with Gasteiger partial charge in [0, 0.05) is 35.6 Å². The van der Waals surface area contributed by atoms with Gasteiger partial charge in [-0.25, -0.2) is 8.42 Å². The number of nitro benzene ring substituents is 1. The van der Waals surface area contributed by atoms with Crippen LogP contribution in [0, 0.1) is 17.0 Å². The summed E-state index contributed by atoms with van der Waals surface area (Å²) in [5, 5.41) is 14.3. The molecule has 0 fully saturated rings. The molecule has 3 aromatic carbocycles. The van der Waals surface area contributed by atoms with Crippen molar-refractivity contribution in [1.82, 2.24) is 10.2 Å². The number of nitro groups is 1. The van der Waals surface area contributed by atoms with E-state index in [1.54, 1.807) is 6.92 Å². The molecule has 3 aromatic rings. The Hall–Kier alpha value is -3.77. The highest BCUT2D eigenvalue weighted by Gasteiger charge is 2.34. The number of non-ortho nitro benzene ring substituents is 1. The highest BCUT2D eigenvalue weighted by Crippen LogP contribution is 2.28. The van der Waals surface area contributed by atoms with E-state index in [9.17, 15) is 28.1 Å². The molecule has 0 heterocycles. The van der Waals surface area contributed by atoms with Crippen LogP contribution >= 0.6 is 15.9 Å². The Morgan fingerprint density at radius 1 is 1.00 bits per heavy atom. The van der Waals surface area contributed by atoms with Crippen molar-refractivity contribution in [1.29, 1.82) is 0 Å². The quantitative estimate of drug-likeness (QED) is 0.227. The van der Waals surface area contributed by atoms with Gasteiger partial charge in [-0.3, -0.25) is 24.0 Å². The first kappa shape index (κ1) is 31.8. The molecule has 0 aliphatic carbocycles. The second-order valence-corrected chi connectivity index (χ2v) is 12.8. The predicted octanol–water partition coefficient (Wildman–Crippen LogP) is 4.60. The summed E-state index contributed by atoms with van der Waals surface area (Å²) in [5.74, 6) is -1.02. The van der Waals surface area contributed by atoms with Crippen LogP contribution in [-0.4, -0.2) is 54.9 Å². The molecule has 218 valence electrons. The van der Waals surface area contributed by atoms with Crippen LogP contribution in [0.1, 0.15) is 30.5 Å². The largest absolute Gasteiger partial charge is 0.352 e. The van der Waals surface area contributed by atoms with Crippen molar-refractivity contribution in [3.63, 3.8) is 0 Å². The lowest BCUT2D eigenvalue weighted by Crippen LogP contribution is -2.54. The van der Waals surface area contributed by atoms with E-state index in [-0.39, 0.29) is 36.3 Å². The first-order chi connectivity index (χ1) is 19.3. The predicted molar refractivity (Wildman–Crippen MR) is 162 cm³/mol. The SMILES string of the molecule is Cc1ccc([N+](=O)[O-])cc1N(CC(=O)N(Cc1ccc(Br)cc1)[C@@H](Cc1ccccc1)C(=O)NC(C)C)S(C)(=O)=O. The molecule has 0 bridgehead atoms. The molecular formula is C29H33BrN4O6S. The molecule has 0 saturated heterocycles. The molecule has 0 radical (unpaired) electrons. The van der Waals surface area contributed by atoms with Crippen molar-refractivity contribution in [2.75, 3.05) is 17.1 Å². The minimum absolute atomic E-state index is 0.0184. The van der Waals surface area contributed by atoms with E-state index in [2.05, 4.69) is 21.2 Å². The van der Waals surface area contributed by atoms with E-state index < -0.39 is 33.4 Å². The molecule has 0 unspecified atom stereocenters. The van der Waals surface area contributed by atoms with Crippen LogP contribution in [0.2, 0.25) is 0 Å². The molecule has 1 atom stereocenters. The molecule has 2 amide bonds. The van der Waals surface area contributed by atoms with Crippen LogP contribution in [0.3, 0.4) is 0 Å². The van der Waals surface area contributed by atoms with Crippen LogP contribution in [0.15, 0.2) is 77.3 Å². The number of halogens is 1. The van der Waals surface area contributed by atoms with Gasteiger partial charge in [0.1, 0.15) is 12.6 Å². The number of benzene rings is 3. The number of rotatable bonds is 12. The zero-order valence-electron chi connectivity index (χ0n) is 23.3. The van der Waals surface area contributed by atoms with E-state index >= 15 is 0 Å². The Kier molecular flexibility index (Phi) is 10.6. The zero-order chi connectivity index (χ0) is 30.3. The lowest BCUT2D eigenvalue weighted by molar-refractivity contribution is -0.384. The van der Waals surface area contributed by atoms with Crippen molar-refractivity contribution in [3.05, 3.63) is 104 Å². The fourth-order valence-corrected chi connectivity index (χ4v) is 5.46. The summed E-state index contributed by atoms with van der Waals surface area (Å²) in [5.41, 5.74) is 1.70. The highest BCUT2D eigenvalue weighted by molar-refractivity contribution is 9.10. The van der Waals surface area contributed by atoms with E-state index in [1.165, 1.54) is 17.0 Å². The van der Waals surface area contributed by atoms with Crippen molar-refractivity contribution in [2.24, 2.45) is 0 Å². The number of anilines is 1. The van der Waals surface area contributed by atoms with Crippen molar-refractivity contribution in [3.8, 4) is 0 Å². The third kappa shape index (κ3) is 8.86. The van der Waals surface area contributed by atoms with Crippen molar-refractivity contribution in [2.45, 2.75) is 45.8 Å². The minimum Gasteiger partial charge on any atom is -0.352 e. The summed E-state index contributed by atoms with van der Waals surface area (Å²) >= 11 is 3.40. The Labute approximate surface area is 248 Å². The fraction of sp³-hybridized carbons (Fsp3) is 0.310. The number of nitrogens with zero attached hydrogens (tertiary/aromatic N) is 3. The average molecular weight is 646 g/mol. The summed E-state index contributed by atoms with van der Waals surface area (Å²) < 4.78 is 27.6. The molecule has 12 heteroatoms. The Morgan fingerprint density at radius 3 is 2.20 bits per heavy atom. The van der Waals surface area contributed by atoms with Crippen LogP contribution in [-0.2, 0) is 32.6 Å². The molecule has 3 rings (SSSR count). The molecule has 10 nitrogen and oxygen atoms in total. The number of hydrogen-bond donors (Lipinski definition) is 1. The first-order valence-corrected chi connectivity index (χ1v) is 15.5. The molecule has 41 heavy (non-hydrogen) atoms. The van der Waals surface area contributed by atoms with Gasteiger partial charge in [0.15, 0.2) is 0 Å². The molecule has 1 N–H and O–H groups in total. The zero-order valence-corrected chi connectivity index (χ0v) is 25.7. The van der Waals surface area contributed by atoms with Gasteiger partial charge < -0.3 is 10.2 Å². The molecule has 0 aliphatic heterocycles. The highest BCUT2D eigenvalue weighted by atomic mass is 79.9. The Bertz CT molecular complexity index is 1500. The van der Waals surface area contributed by atoms with Crippen molar-refractivity contribution >= 4 is 49.1 Å². The summed E-state index contributed by atoms with van der Waals surface area (Å²) in [6, 6.07) is 19.1. The van der Waals surface area contributed by atoms with Gasteiger partial charge in [-0.05, 0) is 49.6 Å². The third-order valence-corrected chi connectivity index (χ3v) is 7.97. The summed E-state index contributed by atoms with van der Waals surface area (Å²) in [6.07, 6.45) is 1.13. The summed E-state index contributed by atoms with van der Waals surface area (Å²) in [4.78, 5) is 39.8. The standard InChI is InChI=1S/C29H33BrN4O6S/c1-20(2)31-29(36)27(16-22-8-6-5-7-9-22)32(18-23-11-13-24(30)14-12-23)28(35)19-33(41(4,39)40)26-17-25(34(37)38)15-10-21(26)3/h5-15,17,20,27H,16,18-19H2,1-4H3,(H,31,36)/t27-/m0/s1. The van der Waals surface area contributed by atoms with Gasteiger partial charge in [-0.2, -0.15) is 0 Å². The van der Waals surface area contributed by atoms with Gasteiger partial charge in [0.05, 0.1) is 16.9 Å². The normalized spacial score (nSPS) is 12.0. The van der Waals surface area contributed by atoms with E-state index in [4.69, 9.17) is 0 Å². The minimum atomic E-state index is -4.06. The molecule has 0 saturated carbocycles. The third-order valence-electron chi connectivity index (χ3n) is 6.32. The lowest BCUT2D eigenvalue weighted by atomic mass is 10.0. The number of carbonyl (C=O) groups excluding carboxylic acids is 2. The number of aryl methyl sites for hydroxylation is 1. The first-order valence-electron chi connectivity index (χ1n) is 12.9. The van der Waals surface area contributed by atoms with Gasteiger partial charge in [-0.1, -0.05) is 64.5 Å². The average Bonchev–Trinajstić information content (AvgIpc) is 2.90. The van der Waals surface area contributed by atoms with Crippen LogP contribution in [0.25, 0.3) is 0 Å². The maximum atomic E-state index is 14.1. The van der Waals surface area contributed by atoms with E-state index in [0.29, 0.717) is 5.56 Å². The van der Waals surface area contributed by atoms with Crippen LogP contribution < -0.4 is 9.62 Å². The maximum Gasteiger partial charge on any atom is 0.271 e.